The van der Waals surface area contributed by atoms with Crippen LogP contribution in [0.3, 0.4) is 0 Å². The number of carbonyl (C=O) groups is 1. The molecule has 0 radical (unpaired) electrons. The van der Waals surface area contributed by atoms with Gasteiger partial charge in [-0.15, -0.1) is 0 Å². The quantitative estimate of drug-likeness (QED) is 0.517. The van der Waals surface area contributed by atoms with E-state index in [1.54, 1.807) is 17.9 Å². The first-order valence-electron chi connectivity index (χ1n) is 12.8. The predicted octanol–water partition coefficient (Wildman–Crippen LogP) is 2.93. The van der Waals surface area contributed by atoms with Crippen LogP contribution in [0.1, 0.15) is 37.3 Å². The molecule has 3 aromatic heterocycles. The van der Waals surface area contributed by atoms with Gasteiger partial charge in [0.1, 0.15) is 5.69 Å². The van der Waals surface area contributed by atoms with Gasteiger partial charge in [0.05, 0.1) is 28.9 Å². The minimum absolute atomic E-state index is 0.0532. The maximum Gasteiger partial charge on any atom is 0.417 e. The number of urea groups is 1. The summed E-state index contributed by atoms with van der Waals surface area (Å²) in [5, 5.41) is 5.97. The highest BCUT2D eigenvalue weighted by Crippen LogP contribution is 2.30. The summed E-state index contributed by atoms with van der Waals surface area (Å²) in [6, 6.07) is 1.69. The number of aromatic amines is 1. The van der Waals surface area contributed by atoms with Crippen molar-refractivity contribution in [2.75, 3.05) is 43.6 Å². The molecule has 2 aliphatic rings. The SMILES string of the molecule is CN(C(=O)Nc1cc(C(F)(F)F)cn(C)c1=O)C1CCN(c2cnc3[nH]n(C4CCOCC4)c(=O)c3c2)CC1. The number of pyridine rings is 2. The van der Waals surface area contributed by atoms with E-state index in [4.69, 9.17) is 4.74 Å². The molecule has 2 amide bonds. The Morgan fingerprint density at radius 1 is 1.13 bits per heavy atom. The van der Waals surface area contributed by atoms with Crippen LogP contribution in [-0.4, -0.2) is 69.7 Å². The fourth-order valence-electron chi connectivity index (χ4n) is 5.21. The number of carbonyl (C=O) groups excluding carboxylic acids is 1. The molecule has 2 N–H and O–H groups in total. The van der Waals surface area contributed by atoms with Gasteiger partial charge in [0.2, 0.25) is 0 Å². The Labute approximate surface area is 221 Å². The second-order valence-corrected chi connectivity index (χ2v) is 10.0. The fraction of sp³-hybridized carbons (Fsp3) is 0.520. The molecule has 0 atom stereocenters. The number of nitrogens with zero attached hydrogens (tertiary/aromatic N) is 5. The molecule has 0 aromatic carbocycles. The molecule has 0 bridgehead atoms. The normalized spacial score (nSPS) is 17.5. The first-order chi connectivity index (χ1) is 18.5. The number of nitrogens with one attached hydrogen (secondary N) is 2. The predicted molar refractivity (Wildman–Crippen MR) is 138 cm³/mol. The summed E-state index contributed by atoms with van der Waals surface area (Å²) in [5.41, 5.74) is -0.971. The number of fused-ring (bicyclic) bond motifs is 1. The summed E-state index contributed by atoms with van der Waals surface area (Å²) in [4.78, 5) is 46.1. The first kappa shape index (κ1) is 26.8. The summed E-state index contributed by atoms with van der Waals surface area (Å²) in [6.07, 6.45) is 0.445. The van der Waals surface area contributed by atoms with Gasteiger partial charge in [-0.1, -0.05) is 0 Å². The lowest BCUT2D eigenvalue weighted by Crippen LogP contribution is -2.47. The van der Waals surface area contributed by atoms with Crippen molar-refractivity contribution in [1.82, 2.24) is 24.2 Å². The van der Waals surface area contributed by atoms with Gasteiger partial charge in [-0.05, 0) is 37.8 Å². The number of ether oxygens (including phenoxy) is 1. The lowest BCUT2D eigenvalue weighted by Gasteiger charge is -2.37. The van der Waals surface area contributed by atoms with Crippen molar-refractivity contribution in [2.45, 2.75) is 43.9 Å². The molecule has 0 saturated carbocycles. The van der Waals surface area contributed by atoms with Crippen LogP contribution in [0.4, 0.5) is 29.3 Å². The number of aromatic nitrogens is 4. The summed E-state index contributed by atoms with van der Waals surface area (Å²) >= 11 is 0. The number of halogens is 3. The van der Waals surface area contributed by atoms with Gasteiger partial charge < -0.3 is 24.4 Å². The molecule has 39 heavy (non-hydrogen) atoms. The van der Waals surface area contributed by atoms with Crippen LogP contribution >= 0.6 is 0 Å². The zero-order valence-electron chi connectivity index (χ0n) is 21.6. The molecule has 11 nitrogen and oxygen atoms in total. The summed E-state index contributed by atoms with van der Waals surface area (Å²) < 4.78 is 47.3. The van der Waals surface area contributed by atoms with Crippen molar-refractivity contribution < 1.29 is 22.7 Å². The van der Waals surface area contributed by atoms with Crippen LogP contribution < -0.4 is 21.3 Å². The van der Waals surface area contributed by atoms with Gasteiger partial charge in [-0.3, -0.25) is 14.7 Å². The van der Waals surface area contributed by atoms with Crippen LogP contribution in [0.5, 0.6) is 0 Å². The smallest absolute Gasteiger partial charge is 0.381 e. The highest BCUT2D eigenvalue weighted by Gasteiger charge is 2.33. The maximum atomic E-state index is 13.2. The molecular weight excluding hydrogens is 519 g/mol. The Morgan fingerprint density at radius 2 is 1.82 bits per heavy atom. The largest absolute Gasteiger partial charge is 0.417 e. The molecular formula is C25H30F3N7O4. The van der Waals surface area contributed by atoms with Crippen LogP contribution in [-0.2, 0) is 18.0 Å². The van der Waals surface area contributed by atoms with E-state index in [-0.39, 0.29) is 17.6 Å². The van der Waals surface area contributed by atoms with Gasteiger partial charge in [-0.25, -0.2) is 14.5 Å². The number of aryl methyl sites for hydroxylation is 1. The van der Waals surface area contributed by atoms with Crippen molar-refractivity contribution in [2.24, 2.45) is 7.05 Å². The summed E-state index contributed by atoms with van der Waals surface area (Å²) in [7, 11) is 2.76. The minimum atomic E-state index is -4.65. The summed E-state index contributed by atoms with van der Waals surface area (Å²) in [6.45, 7) is 2.39. The van der Waals surface area contributed by atoms with E-state index in [9.17, 15) is 27.6 Å². The van der Waals surface area contributed by atoms with Gasteiger partial charge >= 0.3 is 12.2 Å². The molecule has 2 saturated heterocycles. The number of hydrogen-bond donors (Lipinski definition) is 2. The Kier molecular flexibility index (Phi) is 7.14. The van der Waals surface area contributed by atoms with E-state index in [0.717, 1.165) is 23.1 Å². The molecule has 5 heterocycles. The first-order valence-corrected chi connectivity index (χ1v) is 12.8. The van der Waals surface area contributed by atoms with Gasteiger partial charge in [0.15, 0.2) is 5.65 Å². The van der Waals surface area contributed by atoms with Gasteiger partial charge in [-0.2, -0.15) is 13.2 Å². The number of anilines is 2. The maximum absolute atomic E-state index is 13.2. The molecule has 2 fully saturated rings. The number of alkyl halides is 3. The number of hydrogen-bond acceptors (Lipinski definition) is 6. The molecule has 2 aliphatic heterocycles. The number of amides is 2. The standard InChI is InChI=1S/C25H30F3N7O4/c1-32-14-15(25(26,27)28)11-20(23(32)37)30-24(38)33(2)16-3-7-34(8-4-16)18-12-19-21(29-13-18)31-35(22(19)36)17-5-9-39-10-6-17/h11-14,16-17H,3-10H2,1-2H3,(H,29,31)(H,30,38). The molecule has 0 unspecified atom stereocenters. The number of piperidine rings is 1. The van der Waals surface area contributed by atoms with E-state index in [2.05, 4.69) is 20.3 Å². The molecule has 5 rings (SSSR count). The lowest BCUT2D eigenvalue weighted by atomic mass is 10.0. The van der Waals surface area contributed by atoms with Crippen LogP contribution in [0.25, 0.3) is 11.0 Å². The highest BCUT2D eigenvalue weighted by atomic mass is 19.4. The third kappa shape index (κ3) is 5.37. The van der Waals surface area contributed by atoms with Gasteiger partial charge in [0.25, 0.3) is 11.1 Å². The zero-order valence-corrected chi connectivity index (χ0v) is 21.6. The third-order valence-electron chi connectivity index (χ3n) is 7.55. The van der Waals surface area contributed by atoms with Crippen LogP contribution in [0.2, 0.25) is 0 Å². The van der Waals surface area contributed by atoms with Crippen molar-refractivity contribution in [3.8, 4) is 0 Å². The molecule has 3 aromatic rings. The van der Waals surface area contributed by atoms with E-state index in [1.807, 2.05) is 6.07 Å². The summed E-state index contributed by atoms with van der Waals surface area (Å²) in [5.74, 6) is 0. The Balaban J connectivity index is 1.24. The highest BCUT2D eigenvalue weighted by molar-refractivity contribution is 5.89. The minimum Gasteiger partial charge on any atom is -0.381 e. The lowest BCUT2D eigenvalue weighted by molar-refractivity contribution is -0.138. The second-order valence-electron chi connectivity index (χ2n) is 10.0. The Bertz CT molecular complexity index is 1480. The monoisotopic (exact) mass is 549 g/mol. The third-order valence-corrected chi connectivity index (χ3v) is 7.55. The molecule has 0 spiro atoms. The Morgan fingerprint density at radius 3 is 2.49 bits per heavy atom. The number of rotatable bonds is 4. The van der Waals surface area contributed by atoms with E-state index < -0.39 is 29.0 Å². The topological polar surface area (TPSA) is 117 Å². The van der Waals surface area contributed by atoms with E-state index in [0.29, 0.717) is 62.4 Å². The average Bonchev–Trinajstić information content (AvgIpc) is 3.26. The van der Waals surface area contributed by atoms with Crippen molar-refractivity contribution >= 4 is 28.4 Å². The fourth-order valence-corrected chi connectivity index (χ4v) is 5.21. The molecule has 14 heteroatoms. The number of H-pyrrole nitrogens is 1. The van der Waals surface area contributed by atoms with E-state index in [1.165, 1.54) is 11.9 Å². The van der Waals surface area contributed by atoms with Crippen molar-refractivity contribution in [1.29, 1.82) is 0 Å². The Hall–Kier alpha value is -3.81. The van der Waals surface area contributed by atoms with E-state index >= 15 is 0 Å². The van der Waals surface area contributed by atoms with Crippen LogP contribution in [0, 0.1) is 0 Å². The molecule has 210 valence electrons. The van der Waals surface area contributed by atoms with Gasteiger partial charge in [0, 0.05) is 52.6 Å². The zero-order chi connectivity index (χ0) is 27.9. The van der Waals surface area contributed by atoms with Crippen LogP contribution in [0.15, 0.2) is 34.1 Å². The molecule has 0 aliphatic carbocycles. The van der Waals surface area contributed by atoms with Crippen molar-refractivity contribution in [3.05, 3.63) is 50.8 Å². The van der Waals surface area contributed by atoms with Crippen molar-refractivity contribution in [3.63, 3.8) is 0 Å². The average molecular weight is 550 g/mol. The second kappa shape index (κ2) is 10.4.